The molecule has 0 unspecified atom stereocenters. The Labute approximate surface area is 102 Å². The van der Waals surface area contributed by atoms with Crippen LogP contribution in [0.25, 0.3) is 0 Å². The third-order valence-electron chi connectivity index (χ3n) is 4.03. The lowest BCUT2D eigenvalue weighted by molar-refractivity contribution is -0.131. The van der Waals surface area contributed by atoms with E-state index in [1.54, 1.807) is 0 Å². The number of rotatable bonds is 4. The van der Waals surface area contributed by atoms with E-state index in [0.29, 0.717) is 5.92 Å². The molecule has 1 fully saturated rings. The number of carbonyl (C=O) groups is 1. The van der Waals surface area contributed by atoms with Gasteiger partial charge in [-0.3, -0.25) is 10.1 Å². The monoisotopic (exact) mass is 232 g/mol. The van der Waals surface area contributed by atoms with Crippen molar-refractivity contribution in [2.75, 3.05) is 0 Å². The minimum atomic E-state index is -0.505. The topological polar surface area (TPSA) is 55.1 Å². The van der Waals surface area contributed by atoms with Crippen LogP contribution in [0.1, 0.15) is 38.3 Å². The van der Waals surface area contributed by atoms with Crippen LogP contribution >= 0.6 is 0 Å². The van der Waals surface area contributed by atoms with Crippen LogP contribution in [0.15, 0.2) is 30.3 Å². The van der Waals surface area contributed by atoms with Crippen LogP contribution in [-0.4, -0.2) is 11.4 Å². The quantitative estimate of drug-likeness (QED) is 0.834. The highest BCUT2D eigenvalue weighted by molar-refractivity contribution is 5.86. The Hall–Kier alpha value is -1.35. The standard InChI is InChI=1S/C14H20N2O/c1-10-8-9-14(10,13(15)17)16-11(2)12-6-4-3-5-7-12/h3-7,10-11,16H,8-9H2,1-2H3,(H2,15,17)/t10-,11+,14+/m0/s1. The molecule has 0 bridgehead atoms. The van der Waals surface area contributed by atoms with Crippen molar-refractivity contribution in [2.45, 2.75) is 38.3 Å². The predicted molar refractivity (Wildman–Crippen MR) is 68.3 cm³/mol. The highest BCUT2D eigenvalue weighted by Crippen LogP contribution is 2.39. The molecule has 92 valence electrons. The second kappa shape index (κ2) is 4.49. The smallest absolute Gasteiger partial charge is 0.238 e. The van der Waals surface area contributed by atoms with Gasteiger partial charge in [-0.05, 0) is 31.2 Å². The van der Waals surface area contributed by atoms with Crippen LogP contribution in [-0.2, 0) is 4.79 Å². The van der Waals surface area contributed by atoms with Gasteiger partial charge in [0.05, 0.1) is 0 Å². The minimum Gasteiger partial charge on any atom is -0.368 e. The average molecular weight is 232 g/mol. The number of primary amides is 1. The number of carbonyl (C=O) groups excluding carboxylic acids is 1. The lowest BCUT2D eigenvalue weighted by Crippen LogP contribution is -2.65. The summed E-state index contributed by atoms with van der Waals surface area (Å²) in [6.45, 7) is 4.16. The summed E-state index contributed by atoms with van der Waals surface area (Å²) in [6.07, 6.45) is 1.91. The second-order valence-electron chi connectivity index (χ2n) is 5.05. The maximum atomic E-state index is 11.6. The van der Waals surface area contributed by atoms with Crippen molar-refractivity contribution in [3.8, 4) is 0 Å². The fourth-order valence-electron chi connectivity index (χ4n) is 2.58. The molecule has 2 rings (SSSR count). The molecule has 0 spiro atoms. The fourth-order valence-corrected chi connectivity index (χ4v) is 2.58. The molecule has 0 heterocycles. The van der Waals surface area contributed by atoms with Gasteiger partial charge in [0.25, 0.3) is 0 Å². The summed E-state index contributed by atoms with van der Waals surface area (Å²) in [5.41, 5.74) is 6.23. The van der Waals surface area contributed by atoms with Crippen LogP contribution in [0.4, 0.5) is 0 Å². The molecule has 3 heteroatoms. The van der Waals surface area contributed by atoms with E-state index in [4.69, 9.17) is 5.73 Å². The van der Waals surface area contributed by atoms with Gasteiger partial charge in [-0.1, -0.05) is 37.3 Å². The van der Waals surface area contributed by atoms with Crippen LogP contribution in [0, 0.1) is 5.92 Å². The van der Waals surface area contributed by atoms with Gasteiger partial charge in [0.2, 0.25) is 5.91 Å². The van der Waals surface area contributed by atoms with E-state index in [9.17, 15) is 4.79 Å². The first kappa shape index (κ1) is 12.1. The van der Waals surface area contributed by atoms with E-state index >= 15 is 0 Å². The fraction of sp³-hybridized carbons (Fsp3) is 0.500. The van der Waals surface area contributed by atoms with Crippen LogP contribution in [0.5, 0.6) is 0 Å². The summed E-state index contributed by atoms with van der Waals surface area (Å²) in [5, 5.41) is 3.42. The molecule has 0 aromatic heterocycles. The molecular formula is C14H20N2O. The number of hydrogen-bond donors (Lipinski definition) is 2. The molecule has 1 aliphatic carbocycles. The Bertz CT molecular complexity index is 404. The van der Waals surface area contributed by atoms with Gasteiger partial charge in [0.1, 0.15) is 5.54 Å². The molecule has 1 amide bonds. The normalized spacial score (nSPS) is 29.4. The number of nitrogens with two attached hydrogens (primary N) is 1. The van der Waals surface area contributed by atoms with Crippen molar-refractivity contribution < 1.29 is 4.79 Å². The molecule has 1 aromatic carbocycles. The lowest BCUT2D eigenvalue weighted by atomic mass is 9.66. The Balaban J connectivity index is 2.12. The Morgan fingerprint density at radius 3 is 2.53 bits per heavy atom. The molecule has 0 saturated heterocycles. The van der Waals surface area contributed by atoms with E-state index in [1.807, 2.05) is 18.2 Å². The molecule has 1 aromatic rings. The van der Waals surface area contributed by atoms with Gasteiger partial charge in [-0.25, -0.2) is 0 Å². The number of amides is 1. The van der Waals surface area contributed by atoms with Crippen LogP contribution < -0.4 is 11.1 Å². The second-order valence-corrected chi connectivity index (χ2v) is 5.05. The minimum absolute atomic E-state index is 0.145. The van der Waals surface area contributed by atoms with Crippen LogP contribution in [0.3, 0.4) is 0 Å². The lowest BCUT2D eigenvalue weighted by Gasteiger charge is -2.47. The van der Waals surface area contributed by atoms with Gasteiger partial charge in [-0.15, -0.1) is 0 Å². The SMILES string of the molecule is C[C@@H](N[C@]1(C(N)=O)CC[C@@H]1C)c1ccccc1. The number of benzene rings is 1. The van der Waals surface area contributed by atoms with Gasteiger partial charge in [-0.2, -0.15) is 0 Å². The van der Waals surface area contributed by atoms with Crippen LogP contribution in [0.2, 0.25) is 0 Å². The summed E-state index contributed by atoms with van der Waals surface area (Å²) in [6, 6.07) is 10.3. The number of nitrogens with one attached hydrogen (secondary N) is 1. The Kier molecular flexibility index (Phi) is 3.20. The summed E-state index contributed by atoms with van der Waals surface area (Å²) in [4.78, 5) is 11.6. The maximum absolute atomic E-state index is 11.6. The van der Waals surface area contributed by atoms with E-state index in [-0.39, 0.29) is 11.9 Å². The summed E-state index contributed by atoms with van der Waals surface area (Å²) in [5.74, 6) is 0.102. The third kappa shape index (κ3) is 2.07. The van der Waals surface area contributed by atoms with Crippen molar-refractivity contribution in [3.63, 3.8) is 0 Å². The zero-order valence-electron chi connectivity index (χ0n) is 10.4. The first-order valence-electron chi connectivity index (χ1n) is 6.19. The molecular weight excluding hydrogens is 212 g/mol. The summed E-state index contributed by atoms with van der Waals surface area (Å²) >= 11 is 0. The first-order chi connectivity index (χ1) is 8.06. The Morgan fingerprint density at radius 1 is 1.47 bits per heavy atom. The van der Waals surface area contributed by atoms with Crippen molar-refractivity contribution >= 4 is 5.91 Å². The van der Waals surface area contributed by atoms with Gasteiger partial charge in [0, 0.05) is 6.04 Å². The zero-order chi connectivity index (χ0) is 12.5. The highest BCUT2D eigenvalue weighted by Gasteiger charge is 2.49. The number of hydrogen-bond acceptors (Lipinski definition) is 2. The van der Waals surface area contributed by atoms with Gasteiger partial charge >= 0.3 is 0 Å². The molecule has 0 aliphatic heterocycles. The molecule has 1 saturated carbocycles. The van der Waals surface area contributed by atoms with Crippen molar-refractivity contribution in [1.82, 2.24) is 5.32 Å². The molecule has 3 N–H and O–H groups in total. The van der Waals surface area contributed by atoms with Gasteiger partial charge < -0.3 is 5.73 Å². The summed E-state index contributed by atoms with van der Waals surface area (Å²) in [7, 11) is 0. The third-order valence-corrected chi connectivity index (χ3v) is 4.03. The Morgan fingerprint density at radius 2 is 2.12 bits per heavy atom. The molecule has 0 radical (unpaired) electrons. The van der Waals surface area contributed by atoms with E-state index in [0.717, 1.165) is 12.8 Å². The van der Waals surface area contributed by atoms with Crippen molar-refractivity contribution in [2.24, 2.45) is 11.7 Å². The predicted octanol–water partition coefficient (Wildman–Crippen LogP) is 1.99. The van der Waals surface area contributed by atoms with Crippen molar-refractivity contribution in [3.05, 3.63) is 35.9 Å². The molecule has 3 nitrogen and oxygen atoms in total. The molecule has 17 heavy (non-hydrogen) atoms. The largest absolute Gasteiger partial charge is 0.368 e. The highest BCUT2D eigenvalue weighted by atomic mass is 16.1. The van der Waals surface area contributed by atoms with E-state index in [2.05, 4.69) is 31.3 Å². The van der Waals surface area contributed by atoms with Gasteiger partial charge in [0.15, 0.2) is 0 Å². The molecule has 1 aliphatic rings. The van der Waals surface area contributed by atoms with Crippen molar-refractivity contribution in [1.29, 1.82) is 0 Å². The molecule has 3 atom stereocenters. The zero-order valence-corrected chi connectivity index (χ0v) is 10.4. The summed E-state index contributed by atoms with van der Waals surface area (Å²) < 4.78 is 0. The van der Waals surface area contributed by atoms with E-state index < -0.39 is 5.54 Å². The maximum Gasteiger partial charge on any atom is 0.238 e. The first-order valence-corrected chi connectivity index (χ1v) is 6.19. The average Bonchev–Trinajstić information content (AvgIpc) is 2.34. The van der Waals surface area contributed by atoms with E-state index in [1.165, 1.54) is 5.56 Å².